The number of carbonyl (C=O) groups is 1. The van der Waals surface area contributed by atoms with Crippen LogP contribution in [0.3, 0.4) is 0 Å². The quantitative estimate of drug-likeness (QED) is 0.632. The summed E-state index contributed by atoms with van der Waals surface area (Å²) in [5, 5.41) is 12.9. The summed E-state index contributed by atoms with van der Waals surface area (Å²) in [6.45, 7) is 7.45. The van der Waals surface area contributed by atoms with Gasteiger partial charge in [0.1, 0.15) is 0 Å². The van der Waals surface area contributed by atoms with Crippen LogP contribution in [-0.4, -0.2) is 24.3 Å². The van der Waals surface area contributed by atoms with Gasteiger partial charge in [0.05, 0.1) is 18.8 Å². The van der Waals surface area contributed by atoms with Crippen LogP contribution in [0.2, 0.25) is 5.02 Å². The van der Waals surface area contributed by atoms with Crippen molar-refractivity contribution in [2.45, 2.75) is 33.7 Å². The third-order valence-electron chi connectivity index (χ3n) is 3.82. The van der Waals surface area contributed by atoms with Gasteiger partial charge in [0, 0.05) is 23.3 Å². The van der Waals surface area contributed by atoms with Gasteiger partial charge in [-0.25, -0.2) is 4.79 Å². The summed E-state index contributed by atoms with van der Waals surface area (Å²) in [6, 6.07) is 8.63. The van der Waals surface area contributed by atoms with Gasteiger partial charge in [-0.15, -0.1) is 0 Å². The topological polar surface area (TPSA) is 67.8 Å². The molecule has 0 aromatic heterocycles. The van der Waals surface area contributed by atoms with Crippen LogP contribution in [0.15, 0.2) is 30.3 Å². The van der Waals surface area contributed by atoms with Gasteiger partial charge in [-0.2, -0.15) is 0 Å². The Morgan fingerprint density at radius 3 is 2.50 bits per heavy atom. The fourth-order valence-corrected chi connectivity index (χ4v) is 2.71. The molecule has 0 aliphatic rings. The summed E-state index contributed by atoms with van der Waals surface area (Å²) in [7, 11) is 0. The van der Waals surface area contributed by atoms with Crippen LogP contribution in [0.4, 0.5) is 5.69 Å². The monoisotopic (exact) mass is 377 g/mol. The molecule has 2 rings (SSSR count). The number of hydrogen-bond donors (Lipinski definition) is 2. The van der Waals surface area contributed by atoms with Gasteiger partial charge in [-0.3, -0.25) is 0 Å². The number of aromatic carboxylic acids is 1. The number of ether oxygens (including phenoxy) is 2. The number of anilines is 1. The molecule has 0 saturated carbocycles. The summed E-state index contributed by atoms with van der Waals surface area (Å²) in [5.74, 6) is 0.372. The number of aryl methyl sites for hydroxylation is 1. The minimum Gasteiger partial charge on any atom is -0.490 e. The van der Waals surface area contributed by atoms with Crippen LogP contribution in [0.5, 0.6) is 11.5 Å². The number of carboxylic acid groups (broad SMARTS) is 1. The molecule has 2 aromatic carbocycles. The van der Waals surface area contributed by atoms with Crippen LogP contribution >= 0.6 is 11.6 Å². The first-order chi connectivity index (χ1) is 12.5. The molecule has 26 heavy (non-hydrogen) atoms. The standard InChI is InChI=1S/C20H24ClNO4/c1-4-8-26-19-11-16(21)15(10-18(19)25-5-2)12-22-17-7-6-14(20(23)24)9-13(17)3/h6-7,9-11,22H,4-5,8,12H2,1-3H3,(H,23,24). The van der Waals surface area contributed by atoms with Crippen molar-refractivity contribution in [3.63, 3.8) is 0 Å². The van der Waals surface area contributed by atoms with Crippen molar-refractivity contribution in [2.75, 3.05) is 18.5 Å². The predicted molar refractivity (Wildman–Crippen MR) is 104 cm³/mol. The first-order valence-corrected chi connectivity index (χ1v) is 8.99. The van der Waals surface area contributed by atoms with Gasteiger partial charge in [0.15, 0.2) is 11.5 Å². The maximum Gasteiger partial charge on any atom is 0.335 e. The highest BCUT2D eigenvalue weighted by Crippen LogP contribution is 2.34. The van der Waals surface area contributed by atoms with E-state index >= 15 is 0 Å². The molecule has 5 nitrogen and oxygen atoms in total. The summed E-state index contributed by atoms with van der Waals surface area (Å²) >= 11 is 6.40. The Morgan fingerprint density at radius 1 is 1.15 bits per heavy atom. The van der Waals surface area contributed by atoms with Gasteiger partial charge >= 0.3 is 5.97 Å². The maximum atomic E-state index is 11.0. The van der Waals surface area contributed by atoms with Crippen molar-refractivity contribution in [1.82, 2.24) is 0 Å². The minimum absolute atomic E-state index is 0.266. The average molecular weight is 378 g/mol. The van der Waals surface area contributed by atoms with Crippen molar-refractivity contribution in [2.24, 2.45) is 0 Å². The van der Waals surface area contributed by atoms with Crippen LogP contribution in [-0.2, 0) is 6.54 Å². The van der Waals surface area contributed by atoms with Crippen molar-refractivity contribution in [1.29, 1.82) is 0 Å². The fourth-order valence-electron chi connectivity index (χ4n) is 2.49. The molecule has 0 unspecified atom stereocenters. The summed E-state index contributed by atoms with van der Waals surface area (Å²) in [5.41, 5.74) is 2.85. The summed E-state index contributed by atoms with van der Waals surface area (Å²) in [4.78, 5) is 11.0. The zero-order chi connectivity index (χ0) is 19.1. The van der Waals surface area contributed by atoms with Crippen LogP contribution < -0.4 is 14.8 Å². The number of carboxylic acids is 1. The van der Waals surface area contributed by atoms with Gasteiger partial charge in [-0.05, 0) is 55.7 Å². The highest BCUT2D eigenvalue weighted by atomic mass is 35.5. The van der Waals surface area contributed by atoms with Crippen LogP contribution in [0, 0.1) is 6.92 Å². The molecule has 0 amide bonds. The second kappa shape index (κ2) is 9.34. The first-order valence-electron chi connectivity index (χ1n) is 8.62. The lowest BCUT2D eigenvalue weighted by Gasteiger charge is -2.16. The van der Waals surface area contributed by atoms with E-state index < -0.39 is 5.97 Å². The third kappa shape index (κ3) is 5.05. The smallest absolute Gasteiger partial charge is 0.335 e. The molecule has 0 saturated heterocycles. The van der Waals surface area contributed by atoms with Gasteiger partial charge in [0.25, 0.3) is 0 Å². The number of halogens is 1. The zero-order valence-electron chi connectivity index (χ0n) is 15.3. The first kappa shape index (κ1) is 19.9. The van der Waals surface area contributed by atoms with Gasteiger partial charge in [-0.1, -0.05) is 18.5 Å². The fraction of sp³-hybridized carbons (Fsp3) is 0.350. The molecule has 2 aromatic rings. The van der Waals surface area contributed by atoms with Crippen LogP contribution in [0.25, 0.3) is 0 Å². The van der Waals surface area contributed by atoms with Crippen molar-refractivity contribution >= 4 is 23.3 Å². The van der Waals surface area contributed by atoms with Gasteiger partial charge in [0.2, 0.25) is 0 Å². The predicted octanol–water partition coefficient (Wildman–Crippen LogP) is 5.15. The second-order valence-corrected chi connectivity index (χ2v) is 6.27. The molecular formula is C20H24ClNO4. The second-order valence-electron chi connectivity index (χ2n) is 5.86. The van der Waals surface area contributed by atoms with Crippen LogP contribution in [0.1, 0.15) is 41.8 Å². The molecule has 2 N–H and O–H groups in total. The number of nitrogens with one attached hydrogen (secondary N) is 1. The Hall–Kier alpha value is -2.40. The van der Waals surface area contributed by atoms with E-state index in [9.17, 15) is 4.79 Å². The lowest BCUT2D eigenvalue weighted by atomic mass is 10.1. The van der Waals surface area contributed by atoms with E-state index in [2.05, 4.69) is 5.32 Å². The highest BCUT2D eigenvalue weighted by molar-refractivity contribution is 6.31. The van der Waals surface area contributed by atoms with E-state index in [0.717, 1.165) is 23.2 Å². The van der Waals surface area contributed by atoms with E-state index in [-0.39, 0.29) is 5.56 Å². The summed E-state index contributed by atoms with van der Waals surface area (Å²) < 4.78 is 11.4. The number of benzene rings is 2. The van der Waals surface area contributed by atoms with E-state index in [4.69, 9.17) is 26.2 Å². The Morgan fingerprint density at radius 2 is 1.88 bits per heavy atom. The zero-order valence-corrected chi connectivity index (χ0v) is 16.0. The van der Waals surface area contributed by atoms with Crippen molar-refractivity contribution in [3.05, 3.63) is 52.0 Å². The molecule has 0 heterocycles. The Labute approximate surface area is 158 Å². The Bertz CT molecular complexity index is 777. The number of hydrogen-bond acceptors (Lipinski definition) is 4. The van der Waals surface area contributed by atoms with Crippen molar-refractivity contribution in [3.8, 4) is 11.5 Å². The van der Waals surface area contributed by atoms with Crippen molar-refractivity contribution < 1.29 is 19.4 Å². The van der Waals surface area contributed by atoms with E-state index in [1.54, 1.807) is 24.3 Å². The molecule has 6 heteroatoms. The largest absolute Gasteiger partial charge is 0.490 e. The molecule has 0 bridgehead atoms. The lowest BCUT2D eigenvalue weighted by molar-refractivity contribution is 0.0697. The Kier molecular flexibility index (Phi) is 7.16. The molecule has 0 aliphatic carbocycles. The number of rotatable bonds is 9. The molecule has 0 radical (unpaired) electrons. The van der Waals surface area contributed by atoms with E-state index in [1.807, 2.05) is 26.8 Å². The molecule has 0 aliphatic heterocycles. The molecule has 0 spiro atoms. The minimum atomic E-state index is -0.938. The molecule has 0 fully saturated rings. The Balaban J connectivity index is 2.18. The van der Waals surface area contributed by atoms with Gasteiger partial charge < -0.3 is 19.9 Å². The lowest BCUT2D eigenvalue weighted by Crippen LogP contribution is -2.05. The molecule has 0 atom stereocenters. The van der Waals surface area contributed by atoms with E-state index in [1.165, 1.54) is 0 Å². The maximum absolute atomic E-state index is 11.0. The molecule has 140 valence electrons. The SMILES string of the molecule is CCCOc1cc(Cl)c(CNc2ccc(C(=O)O)cc2C)cc1OCC. The van der Waals surface area contributed by atoms with E-state index in [0.29, 0.717) is 36.3 Å². The summed E-state index contributed by atoms with van der Waals surface area (Å²) in [6.07, 6.45) is 0.901. The highest BCUT2D eigenvalue weighted by Gasteiger charge is 2.12. The third-order valence-corrected chi connectivity index (χ3v) is 4.17. The molecular weight excluding hydrogens is 354 g/mol. The normalized spacial score (nSPS) is 10.5. The average Bonchev–Trinajstić information content (AvgIpc) is 2.61.